The van der Waals surface area contributed by atoms with Crippen LogP contribution in [0.15, 0.2) is 29.6 Å². The molecule has 0 saturated carbocycles. The third kappa shape index (κ3) is 2.62. The fourth-order valence-corrected chi connectivity index (χ4v) is 2.34. The first-order chi connectivity index (χ1) is 8.60. The van der Waals surface area contributed by atoms with Crippen LogP contribution in [0.1, 0.15) is 6.92 Å². The molecule has 0 radical (unpaired) electrons. The number of carbonyl (C=O) groups is 1. The van der Waals surface area contributed by atoms with Crippen molar-refractivity contribution in [3.05, 3.63) is 29.6 Å². The predicted molar refractivity (Wildman–Crippen MR) is 75.0 cm³/mol. The van der Waals surface area contributed by atoms with Crippen molar-refractivity contribution in [3.63, 3.8) is 0 Å². The maximum Gasteiger partial charge on any atom is 0.221 e. The molecule has 1 amide bonds. The molecule has 3 N–H and O–H groups in total. The van der Waals surface area contributed by atoms with E-state index < -0.39 is 0 Å². The summed E-state index contributed by atoms with van der Waals surface area (Å²) in [6.07, 6.45) is 0. The molecule has 4 nitrogen and oxygen atoms in total. The summed E-state index contributed by atoms with van der Waals surface area (Å²) < 4.78 is 5.21. The van der Waals surface area contributed by atoms with Crippen molar-refractivity contribution in [3.8, 4) is 16.9 Å². The van der Waals surface area contributed by atoms with Crippen molar-refractivity contribution in [2.45, 2.75) is 6.92 Å². The lowest BCUT2D eigenvalue weighted by atomic mass is 10.1. The Labute approximate surface area is 109 Å². The van der Waals surface area contributed by atoms with Gasteiger partial charge in [0.2, 0.25) is 5.91 Å². The highest BCUT2D eigenvalue weighted by molar-refractivity contribution is 7.14. The zero-order chi connectivity index (χ0) is 13.1. The molecule has 0 bridgehead atoms. The smallest absolute Gasteiger partial charge is 0.221 e. The van der Waals surface area contributed by atoms with Gasteiger partial charge >= 0.3 is 0 Å². The maximum atomic E-state index is 11.1. The number of hydrogen-bond acceptors (Lipinski definition) is 4. The van der Waals surface area contributed by atoms with Gasteiger partial charge in [-0.05, 0) is 29.3 Å². The Kier molecular flexibility index (Phi) is 3.53. The van der Waals surface area contributed by atoms with Crippen molar-refractivity contribution < 1.29 is 9.53 Å². The number of nitrogens with one attached hydrogen (secondary N) is 1. The fourth-order valence-electron chi connectivity index (χ4n) is 1.68. The summed E-state index contributed by atoms with van der Waals surface area (Å²) in [6, 6.07) is 7.55. The van der Waals surface area contributed by atoms with Crippen LogP contribution in [0, 0.1) is 0 Å². The van der Waals surface area contributed by atoms with Crippen LogP contribution >= 0.6 is 11.3 Å². The van der Waals surface area contributed by atoms with Gasteiger partial charge in [0.25, 0.3) is 0 Å². The monoisotopic (exact) mass is 262 g/mol. The summed E-state index contributed by atoms with van der Waals surface area (Å²) in [5.74, 6) is 0.507. The zero-order valence-electron chi connectivity index (χ0n) is 10.2. The number of nitrogens with two attached hydrogens (primary N) is 1. The van der Waals surface area contributed by atoms with E-state index in [0.29, 0.717) is 11.4 Å². The number of rotatable bonds is 3. The van der Waals surface area contributed by atoms with Gasteiger partial charge in [0.05, 0.1) is 17.8 Å². The Morgan fingerprint density at radius 2 is 2.11 bits per heavy atom. The minimum atomic E-state index is -0.129. The Morgan fingerprint density at radius 1 is 1.33 bits per heavy atom. The van der Waals surface area contributed by atoms with E-state index in [-0.39, 0.29) is 5.91 Å². The minimum absolute atomic E-state index is 0.129. The van der Waals surface area contributed by atoms with Crippen molar-refractivity contribution in [1.29, 1.82) is 0 Å². The summed E-state index contributed by atoms with van der Waals surface area (Å²) in [5, 5.41) is 5.50. The second-order valence-corrected chi connectivity index (χ2v) is 4.78. The van der Waals surface area contributed by atoms with Crippen LogP contribution in [0.3, 0.4) is 0 Å². The van der Waals surface area contributed by atoms with Gasteiger partial charge in [-0.1, -0.05) is 6.07 Å². The second-order valence-electron chi connectivity index (χ2n) is 3.83. The molecule has 0 aliphatic carbocycles. The largest absolute Gasteiger partial charge is 0.495 e. The van der Waals surface area contributed by atoms with Gasteiger partial charge in [0.1, 0.15) is 5.75 Å². The van der Waals surface area contributed by atoms with Gasteiger partial charge in [-0.25, -0.2) is 0 Å². The number of hydrogen-bond donors (Lipinski definition) is 2. The van der Waals surface area contributed by atoms with Crippen LogP contribution in [0.25, 0.3) is 11.1 Å². The zero-order valence-corrected chi connectivity index (χ0v) is 11.0. The van der Waals surface area contributed by atoms with Crippen LogP contribution in [0.2, 0.25) is 0 Å². The average Bonchev–Trinajstić information content (AvgIpc) is 2.75. The number of carbonyl (C=O) groups excluding carboxylic acids is 1. The molecule has 0 aliphatic rings. The predicted octanol–water partition coefficient (Wildman–Crippen LogP) is 2.96. The first-order valence-electron chi connectivity index (χ1n) is 5.40. The molecular formula is C13H14N2O2S. The number of benzene rings is 1. The Balaban J connectivity index is 2.41. The highest BCUT2D eigenvalue weighted by Gasteiger charge is 2.08. The van der Waals surface area contributed by atoms with E-state index in [1.165, 1.54) is 18.3 Å². The van der Waals surface area contributed by atoms with E-state index >= 15 is 0 Å². The second kappa shape index (κ2) is 5.10. The van der Waals surface area contributed by atoms with Gasteiger partial charge < -0.3 is 15.8 Å². The number of anilines is 2. The molecule has 94 valence electrons. The number of ether oxygens (including phenoxy) is 1. The standard InChI is InChI=1S/C13H14N2O2S/c1-8(16)15-11-5-9(3-4-12(11)17-2)10-6-13(14)18-7-10/h3-7H,14H2,1-2H3,(H,15,16). The third-order valence-electron chi connectivity index (χ3n) is 2.46. The van der Waals surface area contributed by atoms with Crippen LogP contribution in [0.4, 0.5) is 10.7 Å². The van der Waals surface area contributed by atoms with Crippen LogP contribution < -0.4 is 15.8 Å². The molecule has 0 spiro atoms. The molecule has 18 heavy (non-hydrogen) atoms. The summed E-state index contributed by atoms with van der Waals surface area (Å²) in [4.78, 5) is 11.1. The van der Waals surface area contributed by atoms with Crippen LogP contribution in [-0.4, -0.2) is 13.0 Å². The molecule has 0 aliphatic heterocycles. The summed E-state index contributed by atoms with van der Waals surface area (Å²) in [7, 11) is 1.57. The molecule has 5 heteroatoms. The lowest BCUT2D eigenvalue weighted by Gasteiger charge is -2.10. The summed E-state index contributed by atoms with van der Waals surface area (Å²) in [5.41, 5.74) is 8.40. The fraction of sp³-hybridized carbons (Fsp3) is 0.154. The van der Waals surface area contributed by atoms with E-state index in [2.05, 4.69) is 5.32 Å². The molecule has 0 atom stereocenters. The molecule has 1 heterocycles. The van der Waals surface area contributed by atoms with Gasteiger partial charge in [0.15, 0.2) is 0 Å². The molecule has 2 aromatic rings. The topological polar surface area (TPSA) is 64.3 Å². The Bertz CT molecular complexity index is 578. The number of thiophene rings is 1. The van der Waals surface area contributed by atoms with Crippen molar-refractivity contribution in [2.75, 3.05) is 18.2 Å². The van der Waals surface area contributed by atoms with E-state index in [1.807, 2.05) is 29.6 Å². The van der Waals surface area contributed by atoms with Crippen LogP contribution in [-0.2, 0) is 4.79 Å². The van der Waals surface area contributed by atoms with Crippen LogP contribution in [0.5, 0.6) is 5.75 Å². The molecule has 1 aromatic heterocycles. The van der Waals surface area contributed by atoms with Crippen molar-refractivity contribution in [1.82, 2.24) is 0 Å². The van der Waals surface area contributed by atoms with Crippen molar-refractivity contribution >= 4 is 27.9 Å². The van der Waals surface area contributed by atoms with Gasteiger partial charge in [0, 0.05) is 12.3 Å². The lowest BCUT2D eigenvalue weighted by molar-refractivity contribution is -0.114. The lowest BCUT2D eigenvalue weighted by Crippen LogP contribution is -2.07. The van der Waals surface area contributed by atoms with E-state index in [1.54, 1.807) is 7.11 Å². The quantitative estimate of drug-likeness (QED) is 0.893. The number of methoxy groups -OCH3 is 1. The first-order valence-corrected chi connectivity index (χ1v) is 6.28. The number of nitrogen functional groups attached to an aromatic ring is 1. The Hall–Kier alpha value is -2.01. The molecule has 1 aromatic carbocycles. The summed E-state index contributed by atoms with van der Waals surface area (Å²) >= 11 is 1.49. The van der Waals surface area contributed by atoms with Gasteiger partial charge in [-0.2, -0.15) is 0 Å². The molecular weight excluding hydrogens is 248 g/mol. The van der Waals surface area contributed by atoms with Gasteiger partial charge in [-0.15, -0.1) is 11.3 Å². The highest BCUT2D eigenvalue weighted by Crippen LogP contribution is 2.33. The van der Waals surface area contributed by atoms with E-state index in [9.17, 15) is 4.79 Å². The average molecular weight is 262 g/mol. The number of amides is 1. The SMILES string of the molecule is COc1ccc(-c2csc(N)c2)cc1NC(C)=O. The highest BCUT2D eigenvalue weighted by atomic mass is 32.1. The molecule has 0 saturated heterocycles. The molecule has 2 rings (SSSR count). The van der Waals surface area contributed by atoms with E-state index in [4.69, 9.17) is 10.5 Å². The van der Waals surface area contributed by atoms with E-state index in [0.717, 1.165) is 16.1 Å². The third-order valence-corrected chi connectivity index (χ3v) is 3.23. The Morgan fingerprint density at radius 3 is 2.67 bits per heavy atom. The van der Waals surface area contributed by atoms with Crippen molar-refractivity contribution in [2.24, 2.45) is 0 Å². The summed E-state index contributed by atoms with van der Waals surface area (Å²) in [6.45, 7) is 1.47. The molecule has 0 fully saturated rings. The first kappa shape index (κ1) is 12.4. The molecule has 0 unspecified atom stereocenters. The normalized spacial score (nSPS) is 10.1. The maximum absolute atomic E-state index is 11.1. The van der Waals surface area contributed by atoms with Gasteiger partial charge in [-0.3, -0.25) is 4.79 Å². The minimum Gasteiger partial charge on any atom is -0.495 e.